The van der Waals surface area contributed by atoms with Gasteiger partial charge in [-0.05, 0) is 31.6 Å². The zero-order chi connectivity index (χ0) is 19.4. The van der Waals surface area contributed by atoms with E-state index in [-0.39, 0.29) is 4.92 Å². The summed E-state index contributed by atoms with van der Waals surface area (Å²) in [4.78, 5) is 14.7. The monoisotopic (exact) mass is 388 g/mol. The lowest BCUT2D eigenvalue weighted by Crippen LogP contribution is -2.77. The Morgan fingerprint density at radius 1 is 1.32 bits per heavy atom. The maximum Gasteiger partial charge on any atom is 0.314 e. The number of piperidine rings is 1. The van der Waals surface area contributed by atoms with Gasteiger partial charge in [-0.15, -0.1) is 0 Å². The minimum absolute atomic E-state index is 0.196. The van der Waals surface area contributed by atoms with Gasteiger partial charge in [0, 0.05) is 10.5 Å². The average molecular weight is 388 g/mol. The van der Waals surface area contributed by atoms with Crippen LogP contribution in [0.1, 0.15) is 23.7 Å². The first-order valence-electron chi connectivity index (χ1n) is 9.30. The van der Waals surface area contributed by atoms with E-state index in [1.807, 2.05) is 24.1 Å². The van der Waals surface area contributed by atoms with Crippen LogP contribution in [0.25, 0.3) is 0 Å². The number of methoxy groups -OCH3 is 2. The van der Waals surface area contributed by atoms with E-state index >= 15 is 0 Å². The number of benzene rings is 1. The van der Waals surface area contributed by atoms with E-state index < -0.39 is 35.5 Å². The molecule has 28 heavy (non-hydrogen) atoms. The molecular weight excluding hydrogens is 368 g/mol. The fourth-order valence-corrected chi connectivity index (χ4v) is 6.37. The zero-order valence-corrected chi connectivity index (χ0v) is 15.7. The van der Waals surface area contributed by atoms with Gasteiger partial charge in [0.1, 0.15) is 23.8 Å². The molecule has 2 saturated heterocycles. The van der Waals surface area contributed by atoms with Gasteiger partial charge >= 0.3 is 5.54 Å². The molecule has 9 heteroatoms. The van der Waals surface area contributed by atoms with Crippen LogP contribution >= 0.6 is 0 Å². The molecule has 0 amide bonds. The number of nitro groups is 1. The fourth-order valence-electron chi connectivity index (χ4n) is 6.37. The van der Waals surface area contributed by atoms with Crippen molar-refractivity contribution in [3.05, 3.63) is 45.4 Å². The lowest BCUT2D eigenvalue weighted by molar-refractivity contribution is -0.611. The van der Waals surface area contributed by atoms with Crippen molar-refractivity contribution in [3.63, 3.8) is 0 Å². The van der Waals surface area contributed by atoms with E-state index in [4.69, 9.17) is 23.7 Å². The zero-order valence-electron chi connectivity index (χ0n) is 15.7. The SMILES string of the molecule is COC1=CO[C@H]2O[C@@H]3c4ccc(OC)c5c4[C@@]4(CCN(C)C3[C@]24[N+](=O)[O-])[C@H]1O5. The first kappa shape index (κ1) is 16.4. The van der Waals surface area contributed by atoms with E-state index in [2.05, 4.69) is 0 Å². The molecule has 0 N–H and O–H groups in total. The molecule has 4 aliphatic heterocycles. The summed E-state index contributed by atoms with van der Waals surface area (Å²) in [6, 6.07) is 3.31. The highest BCUT2D eigenvalue weighted by Crippen LogP contribution is 2.71. The maximum atomic E-state index is 12.9. The molecular formula is C19H20N2O7. The smallest absolute Gasteiger partial charge is 0.314 e. The molecule has 4 heterocycles. The molecule has 1 spiro atoms. The van der Waals surface area contributed by atoms with Gasteiger partial charge in [0.05, 0.1) is 14.2 Å². The Morgan fingerprint density at radius 2 is 2.14 bits per heavy atom. The molecule has 5 aliphatic rings. The van der Waals surface area contributed by atoms with Crippen LogP contribution < -0.4 is 9.47 Å². The highest BCUT2D eigenvalue weighted by Gasteiger charge is 2.88. The van der Waals surface area contributed by atoms with Crippen molar-refractivity contribution in [2.45, 2.75) is 41.9 Å². The third-order valence-electron chi connectivity index (χ3n) is 7.33. The second kappa shape index (κ2) is 4.90. The number of likely N-dealkylation sites (tertiary alicyclic amines) is 1. The summed E-state index contributed by atoms with van der Waals surface area (Å²) in [6.07, 6.45) is -0.257. The van der Waals surface area contributed by atoms with Crippen molar-refractivity contribution in [2.24, 2.45) is 0 Å². The first-order valence-corrected chi connectivity index (χ1v) is 9.30. The molecule has 0 aromatic heterocycles. The number of ether oxygens (including phenoxy) is 5. The Morgan fingerprint density at radius 3 is 2.86 bits per heavy atom. The summed E-state index contributed by atoms with van der Waals surface area (Å²) < 4.78 is 29.6. The third-order valence-corrected chi connectivity index (χ3v) is 7.33. The molecule has 1 aromatic carbocycles. The summed E-state index contributed by atoms with van der Waals surface area (Å²) in [5.74, 6) is 1.54. The Kier molecular flexibility index (Phi) is 2.88. The highest BCUT2D eigenvalue weighted by molar-refractivity contribution is 5.65. The van der Waals surface area contributed by atoms with Crippen LogP contribution in [-0.2, 0) is 19.6 Å². The van der Waals surface area contributed by atoms with Crippen molar-refractivity contribution in [2.75, 3.05) is 27.8 Å². The van der Waals surface area contributed by atoms with Gasteiger partial charge in [0.25, 0.3) is 6.29 Å². The van der Waals surface area contributed by atoms with Crippen LogP contribution in [0.3, 0.4) is 0 Å². The van der Waals surface area contributed by atoms with Gasteiger partial charge in [-0.3, -0.25) is 15.0 Å². The van der Waals surface area contributed by atoms with E-state index in [0.29, 0.717) is 30.2 Å². The summed E-state index contributed by atoms with van der Waals surface area (Å²) in [5.41, 5.74) is -0.755. The van der Waals surface area contributed by atoms with Crippen LogP contribution in [-0.4, -0.2) is 61.6 Å². The molecule has 6 atom stereocenters. The molecule has 0 radical (unpaired) electrons. The standard InChI is InChI=1S/C19H20N2O7/c1-20-7-6-18-12-9-4-5-10(24-2)14(12)27-16(18)11(25-3)8-26-17-19(18,21(22)23)15(20)13(9)28-17/h4-5,8,13,15-17H,6-7H2,1-3H3/t13-,15?,16+,17+,18+,19+/m1/s1. The van der Waals surface area contributed by atoms with Crippen LogP contribution in [0.4, 0.5) is 0 Å². The minimum atomic E-state index is -1.52. The Balaban J connectivity index is 1.78. The van der Waals surface area contributed by atoms with Gasteiger partial charge in [0.2, 0.25) is 0 Å². The van der Waals surface area contributed by atoms with Crippen molar-refractivity contribution in [1.29, 1.82) is 0 Å². The average Bonchev–Trinajstić information content (AvgIpc) is 3.14. The lowest BCUT2D eigenvalue weighted by Gasteiger charge is -2.53. The molecule has 1 aromatic rings. The molecule has 0 saturated carbocycles. The van der Waals surface area contributed by atoms with Gasteiger partial charge in [-0.1, -0.05) is 6.07 Å². The Hall–Kier alpha value is -2.52. The van der Waals surface area contributed by atoms with Crippen LogP contribution in [0.2, 0.25) is 0 Å². The molecule has 1 aliphatic carbocycles. The molecule has 2 fully saturated rings. The van der Waals surface area contributed by atoms with Crippen LogP contribution in [0.5, 0.6) is 11.5 Å². The predicted molar refractivity (Wildman–Crippen MR) is 93.6 cm³/mol. The van der Waals surface area contributed by atoms with Crippen molar-refractivity contribution >= 4 is 0 Å². The largest absolute Gasteiger partial charge is 0.494 e. The predicted octanol–water partition coefficient (Wildman–Crippen LogP) is 1.34. The van der Waals surface area contributed by atoms with Crippen molar-refractivity contribution < 1.29 is 28.6 Å². The summed E-state index contributed by atoms with van der Waals surface area (Å²) >= 11 is 0. The van der Waals surface area contributed by atoms with Crippen LogP contribution in [0.15, 0.2) is 24.2 Å². The highest BCUT2D eigenvalue weighted by atomic mass is 16.7. The maximum absolute atomic E-state index is 12.9. The lowest BCUT2D eigenvalue weighted by atomic mass is 9.51. The third kappa shape index (κ3) is 1.39. The minimum Gasteiger partial charge on any atom is -0.494 e. The number of hydrogen-bond donors (Lipinski definition) is 0. The quantitative estimate of drug-likeness (QED) is 0.566. The fraction of sp³-hybridized carbons (Fsp3) is 0.579. The van der Waals surface area contributed by atoms with Crippen LogP contribution in [0, 0.1) is 10.1 Å². The molecule has 4 bridgehead atoms. The molecule has 9 nitrogen and oxygen atoms in total. The van der Waals surface area contributed by atoms with Gasteiger partial charge in [-0.2, -0.15) is 0 Å². The summed E-state index contributed by atoms with van der Waals surface area (Å²) in [7, 11) is 5.01. The van der Waals surface area contributed by atoms with E-state index in [0.717, 1.165) is 11.1 Å². The number of fused-ring (bicyclic) bond motifs is 1. The normalized spacial score (nSPS) is 41.5. The summed E-state index contributed by atoms with van der Waals surface area (Å²) in [5, 5.41) is 12.9. The Bertz CT molecular complexity index is 948. The van der Waals surface area contributed by atoms with E-state index in [1.165, 1.54) is 13.4 Å². The van der Waals surface area contributed by atoms with Gasteiger partial charge in [0.15, 0.2) is 23.4 Å². The topological polar surface area (TPSA) is 92.5 Å². The van der Waals surface area contributed by atoms with E-state index in [9.17, 15) is 10.1 Å². The van der Waals surface area contributed by atoms with Gasteiger partial charge in [-0.25, -0.2) is 0 Å². The summed E-state index contributed by atoms with van der Waals surface area (Å²) in [6.45, 7) is 0.680. The number of nitrogens with zero attached hydrogens (tertiary/aromatic N) is 2. The van der Waals surface area contributed by atoms with Crippen molar-refractivity contribution in [1.82, 2.24) is 4.90 Å². The number of rotatable bonds is 3. The molecule has 6 rings (SSSR count). The molecule has 1 unspecified atom stereocenters. The first-order chi connectivity index (χ1) is 13.5. The molecule has 148 valence electrons. The van der Waals surface area contributed by atoms with Gasteiger partial charge < -0.3 is 23.7 Å². The number of hydrogen-bond acceptors (Lipinski definition) is 8. The second-order valence-corrected chi connectivity index (χ2v) is 8.04. The Labute approximate surface area is 160 Å². The second-order valence-electron chi connectivity index (χ2n) is 8.04. The van der Waals surface area contributed by atoms with E-state index in [1.54, 1.807) is 7.11 Å². The number of likely N-dealkylation sites (N-methyl/N-ethyl adjacent to an activating group) is 1. The van der Waals surface area contributed by atoms with Crippen molar-refractivity contribution in [3.8, 4) is 11.5 Å².